The molecule has 0 aliphatic carbocycles. The summed E-state index contributed by atoms with van der Waals surface area (Å²) in [5.74, 6) is 0.481. The number of carbonyl (C=O) groups excluding carboxylic acids is 1. The van der Waals surface area contributed by atoms with E-state index < -0.39 is 0 Å². The van der Waals surface area contributed by atoms with Crippen LogP contribution in [0.2, 0.25) is 0 Å². The first kappa shape index (κ1) is 18.5. The first-order valence-electron chi connectivity index (χ1n) is 9.62. The number of aryl methyl sites for hydroxylation is 1. The van der Waals surface area contributed by atoms with Crippen molar-refractivity contribution in [1.82, 2.24) is 19.9 Å². The maximum Gasteiger partial charge on any atom is 0.419 e. The van der Waals surface area contributed by atoms with E-state index in [1.54, 1.807) is 17.6 Å². The molecule has 1 aliphatic heterocycles. The second kappa shape index (κ2) is 8.02. The number of rotatable bonds is 6. The molecule has 28 heavy (non-hydrogen) atoms. The highest BCUT2D eigenvalue weighted by Crippen LogP contribution is 2.17. The van der Waals surface area contributed by atoms with E-state index in [0.717, 1.165) is 38.0 Å². The van der Waals surface area contributed by atoms with E-state index >= 15 is 0 Å². The molecule has 1 aromatic carbocycles. The van der Waals surface area contributed by atoms with E-state index in [4.69, 9.17) is 8.94 Å². The highest BCUT2D eigenvalue weighted by molar-refractivity contribution is 5.92. The molecule has 0 radical (unpaired) electrons. The standard InChI is InChI=1S/C20H24N4O4/c1-14-11-16(22-28-14)19(25)21-12-15-5-4-8-23(13-15)9-10-24-17-6-2-3-7-18(17)27-20(24)26/h2-3,6-7,11,15H,4-5,8-10,12-13H2,1H3,(H,21,25)/t15-/m0/s1. The number of aromatic nitrogens is 2. The van der Waals surface area contributed by atoms with Crippen molar-refractivity contribution in [2.24, 2.45) is 5.92 Å². The van der Waals surface area contributed by atoms with Gasteiger partial charge in [-0.1, -0.05) is 17.3 Å². The number of benzene rings is 1. The molecule has 3 heterocycles. The molecule has 1 aliphatic rings. The van der Waals surface area contributed by atoms with Gasteiger partial charge in [0.2, 0.25) is 0 Å². The third-order valence-electron chi connectivity index (χ3n) is 5.23. The number of piperidine rings is 1. The Balaban J connectivity index is 1.31. The lowest BCUT2D eigenvalue weighted by Gasteiger charge is -2.32. The Morgan fingerprint density at radius 2 is 2.18 bits per heavy atom. The zero-order valence-electron chi connectivity index (χ0n) is 15.9. The van der Waals surface area contributed by atoms with Gasteiger partial charge in [0, 0.05) is 32.2 Å². The van der Waals surface area contributed by atoms with Crippen LogP contribution in [0, 0.1) is 12.8 Å². The fraction of sp³-hybridized carbons (Fsp3) is 0.450. The molecule has 0 saturated carbocycles. The molecule has 3 aromatic rings. The molecule has 148 valence electrons. The van der Waals surface area contributed by atoms with Crippen LogP contribution in [0.1, 0.15) is 29.1 Å². The van der Waals surface area contributed by atoms with E-state index in [1.165, 1.54) is 0 Å². The van der Waals surface area contributed by atoms with E-state index in [1.807, 2.05) is 24.3 Å². The molecule has 1 amide bonds. The van der Waals surface area contributed by atoms with Gasteiger partial charge in [0.05, 0.1) is 5.52 Å². The van der Waals surface area contributed by atoms with E-state index in [-0.39, 0.29) is 11.7 Å². The predicted octanol–water partition coefficient (Wildman–Crippen LogP) is 2.03. The fourth-order valence-corrected chi connectivity index (χ4v) is 3.79. The topological polar surface area (TPSA) is 93.5 Å². The number of para-hydroxylation sites is 2. The zero-order chi connectivity index (χ0) is 19.5. The summed E-state index contributed by atoms with van der Waals surface area (Å²) >= 11 is 0. The summed E-state index contributed by atoms with van der Waals surface area (Å²) in [7, 11) is 0. The van der Waals surface area contributed by atoms with Crippen LogP contribution in [-0.4, -0.2) is 46.7 Å². The molecule has 0 unspecified atom stereocenters. The van der Waals surface area contributed by atoms with Crippen LogP contribution in [0.4, 0.5) is 0 Å². The molecule has 0 spiro atoms. The molecule has 1 N–H and O–H groups in total. The lowest BCUT2D eigenvalue weighted by Crippen LogP contribution is -2.42. The van der Waals surface area contributed by atoms with Gasteiger partial charge in [0.25, 0.3) is 5.91 Å². The molecular formula is C20H24N4O4. The summed E-state index contributed by atoms with van der Waals surface area (Å²) in [5, 5.41) is 6.69. The van der Waals surface area contributed by atoms with Crippen molar-refractivity contribution < 1.29 is 13.7 Å². The van der Waals surface area contributed by atoms with Crippen molar-refractivity contribution in [2.45, 2.75) is 26.3 Å². The summed E-state index contributed by atoms with van der Waals surface area (Å²) in [6, 6.07) is 9.11. The maximum absolute atomic E-state index is 12.1. The minimum atomic E-state index is -0.315. The molecule has 0 bridgehead atoms. The van der Waals surface area contributed by atoms with E-state index in [9.17, 15) is 9.59 Å². The van der Waals surface area contributed by atoms with Crippen molar-refractivity contribution in [3.8, 4) is 0 Å². The monoisotopic (exact) mass is 384 g/mol. The van der Waals surface area contributed by atoms with Crippen LogP contribution in [0.25, 0.3) is 11.1 Å². The maximum atomic E-state index is 12.1. The van der Waals surface area contributed by atoms with Crippen LogP contribution < -0.4 is 11.1 Å². The Hall–Kier alpha value is -2.87. The number of nitrogens with one attached hydrogen (secondary N) is 1. The summed E-state index contributed by atoms with van der Waals surface area (Å²) in [6.45, 7) is 5.62. The molecule has 1 fully saturated rings. The molecule has 8 nitrogen and oxygen atoms in total. The van der Waals surface area contributed by atoms with Gasteiger partial charge in [-0.2, -0.15) is 0 Å². The van der Waals surface area contributed by atoms with Gasteiger partial charge in [-0.05, 0) is 44.4 Å². The Bertz CT molecular complexity index is 1020. The first-order valence-corrected chi connectivity index (χ1v) is 9.62. The number of oxazole rings is 1. The third-order valence-corrected chi connectivity index (χ3v) is 5.23. The summed E-state index contributed by atoms with van der Waals surface area (Å²) in [6.07, 6.45) is 2.15. The summed E-state index contributed by atoms with van der Waals surface area (Å²) in [4.78, 5) is 26.6. The molecular weight excluding hydrogens is 360 g/mol. The van der Waals surface area contributed by atoms with Crippen molar-refractivity contribution in [3.05, 3.63) is 52.3 Å². The molecule has 1 saturated heterocycles. The molecule has 8 heteroatoms. The number of hydrogen-bond acceptors (Lipinski definition) is 6. The van der Waals surface area contributed by atoms with Gasteiger partial charge >= 0.3 is 5.76 Å². The van der Waals surface area contributed by atoms with Crippen LogP contribution in [0.3, 0.4) is 0 Å². The fourth-order valence-electron chi connectivity index (χ4n) is 3.79. The first-order chi connectivity index (χ1) is 13.6. The average molecular weight is 384 g/mol. The lowest BCUT2D eigenvalue weighted by atomic mass is 9.98. The molecule has 4 rings (SSSR count). The number of amides is 1. The van der Waals surface area contributed by atoms with Gasteiger partial charge in [-0.15, -0.1) is 0 Å². The van der Waals surface area contributed by atoms with Gasteiger partial charge in [0.1, 0.15) is 5.76 Å². The van der Waals surface area contributed by atoms with Crippen molar-refractivity contribution in [3.63, 3.8) is 0 Å². The van der Waals surface area contributed by atoms with Gasteiger partial charge < -0.3 is 19.2 Å². The Labute approximate surface area is 162 Å². The SMILES string of the molecule is Cc1cc(C(=O)NC[C@@H]2CCCN(CCn3c(=O)oc4ccccc43)C2)no1. The van der Waals surface area contributed by atoms with E-state index in [0.29, 0.717) is 36.0 Å². The van der Waals surface area contributed by atoms with Crippen LogP contribution in [-0.2, 0) is 6.54 Å². The van der Waals surface area contributed by atoms with Crippen LogP contribution in [0.5, 0.6) is 0 Å². The summed E-state index contributed by atoms with van der Waals surface area (Å²) < 4.78 is 11.9. The van der Waals surface area contributed by atoms with Crippen molar-refractivity contribution in [2.75, 3.05) is 26.2 Å². The van der Waals surface area contributed by atoms with Crippen LogP contribution in [0.15, 0.2) is 44.1 Å². The number of nitrogens with zero attached hydrogens (tertiary/aromatic N) is 3. The molecule has 1 atom stereocenters. The third kappa shape index (κ3) is 4.01. The molecule has 2 aromatic heterocycles. The second-order valence-electron chi connectivity index (χ2n) is 7.33. The summed E-state index contributed by atoms with van der Waals surface area (Å²) in [5.41, 5.74) is 1.77. The van der Waals surface area contributed by atoms with E-state index in [2.05, 4.69) is 15.4 Å². The second-order valence-corrected chi connectivity index (χ2v) is 7.33. The Morgan fingerprint density at radius 1 is 1.32 bits per heavy atom. The smallest absolute Gasteiger partial charge is 0.408 e. The Kier molecular flexibility index (Phi) is 5.29. The minimum absolute atomic E-state index is 0.203. The Morgan fingerprint density at radius 3 is 3.00 bits per heavy atom. The number of hydrogen-bond donors (Lipinski definition) is 1. The lowest BCUT2D eigenvalue weighted by molar-refractivity contribution is 0.0922. The highest BCUT2D eigenvalue weighted by Gasteiger charge is 2.21. The number of carbonyl (C=O) groups is 1. The zero-order valence-corrected chi connectivity index (χ0v) is 15.9. The minimum Gasteiger partial charge on any atom is -0.408 e. The number of likely N-dealkylation sites (tertiary alicyclic amines) is 1. The van der Waals surface area contributed by atoms with Crippen molar-refractivity contribution >= 4 is 17.0 Å². The largest absolute Gasteiger partial charge is 0.419 e. The highest BCUT2D eigenvalue weighted by atomic mass is 16.5. The van der Waals surface area contributed by atoms with Gasteiger partial charge in [-0.3, -0.25) is 9.36 Å². The van der Waals surface area contributed by atoms with Crippen LogP contribution >= 0.6 is 0 Å². The quantitative estimate of drug-likeness (QED) is 0.699. The van der Waals surface area contributed by atoms with Gasteiger partial charge in [-0.25, -0.2) is 4.79 Å². The van der Waals surface area contributed by atoms with Crippen molar-refractivity contribution in [1.29, 1.82) is 0 Å². The predicted molar refractivity (Wildman–Crippen MR) is 103 cm³/mol. The normalized spacial score (nSPS) is 17.8. The average Bonchev–Trinajstić information content (AvgIpc) is 3.27. The van der Waals surface area contributed by atoms with Gasteiger partial charge in [0.15, 0.2) is 11.3 Å². The number of fused-ring (bicyclic) bond motifs is 1.